The maximum Gasteiger partial charge on any atom is 0.255 e. The molecule has 0 unspecified atom stereocenters. The second-order valence-corrected chi connectivity index (χ2v) is 9.25. The predicted octanol–water partition coefficient (Wildman–Crippen LogP) is 3.01. The molecule has 1 aliphatic heterocycles. The van der Waals surface area contributed by atoms with Crippen molar-refractivity contribution in [1.82, 2.24) is 20.2 Å². The highest BCUT2D eigenvalue weighted by Gasteiger charge is 2.40. The largest absolute Gasteiger partial charge is 0.479 e. The number of ether oxygens (including phenoxy) is 1. The molecule has 160 valence electrons. The van der Waals surface area contributed by atoms with Crippen LogP contribution in [0.4, 0.5) is 10.3 Å². The molecule has 30 heavy (non-hydrogen) atoms. The van der Waals surface area contributed by atoms with E-state index in [2.05, 4.69) is 15.3 Å². The van der Waals surface area contributed by atoms with Gasteiger partial charge in [0, 0.05) is 31.4 Å². The van der Waals surface area contributed by atoms with Gasteiger partial charge in [0.05, 0.1) is 29.1 Å². The SMILES string of the molecule is COc1nc(N(C)C[C@H]2C(=O)N(C)C(=N)N[C@@H]2c2ccc(Cl)s2)nc(C2CC2)c1F. The van der Waals surface area contributed by atoms with Crippen LogP contribution in [-0.4, -0.2) is 54.5 Å². The number of aromatic nitrogens is 2. The monoisotopic (exact) mass is 452 g/mol. The molecule has 0 radical (unpaired) electrons. The highest BCUT2D eigenvalue weighted by molar-refractivity contribution is 7.16. The van der Waals surface area contributed by atoms with Crippen LogP contribution in [0.3, 0.4) is 0 Å². The van der Waals surface area contributed by atoms with E-state index in [-0.39, 0.29) is 30.2 Å². The van der Waals surface area contributed by atoms with Gasteiger partial charge in [-0.1, -0.05) is 11.6 Å². The van der Waals surface area contributed by atoms with Gasteiger partial charge in [-0.15, -0.1) is 11.3 Å². The lowest BCUT2D eigenvalue weighted by Crippen LogP contribution is -2.57. The average Bonchev–Trinajstić information content (AvgIpc) is 3.48. The molecule has 1 saturated heterocycles. The Morgan fingerprint density at radius 3 is 2.77 bits per heavy atom. The molecule has 2 fully saturated rings. The number of guanidine groups is 1. The lowest BCUT2D eigenvalue weighted by molar-refractivity contribution is -0.132. The van der Waals surface area contributed by atoms with Crippen molar-refractivity contribution < 1.29 is 13.9 Å². The Morgan fingerprint density at radius 2 is 2.17 bits per heavy atom. The molecule has 1 saturated carbocycles. The van der Waals surface area contributed by atoms with Crippen LogP contribution in [0.15, 0.2) is 12.1 Å². The zero-order valence-corrected chi connectivity index (χ0v) is 18.4. The van der Waals surface area contributed by atoms with E-state index in [0.717, 1.165) is 17.7 Å². The number of carbonyl (C=O) groups is 1. The van der Waals surface area contributed by atoms with E-state index in [0.29, 0.717) is 16.0 Å². The molecule has 1 aliphatic carbocycles. The number of nitrogens with zero attached hydrogens (tertiary/aromatic N) is 4. The standard InChI is InChI=1S/C19H22ClFN6O2S/c1-26(19-24-14(9-4-5-9)13(21)16(25-19)29-3)8-10-15(11-6-7-12(20)30-11)23-18(22)27(2)17(10)28/h6-7,9-10,15H,4-5,8H2,1-3H3,(H2,22,23)/t10-,15+/m1/s1. The minimum Gasteiger partial charge on any atom is -0.479 e. The van der Waals surface area contributed by atoms with Gasteiger partial charge in [-0.25, -0.2) is 4.98 Å². The third-order valence-electron chi connectivity index (χ3n) is 5.38. The van der Waals surface area contributed by atoms with Crippen LogP contribution < -0.4 is 15.0 Å². The highest BCUT2D eigenvalue weighted by atomic mass is 35.5. The number of anilines is 1. The summed E-state index contributed by atoms with van der Waals surface area (Å²) in [7, 11) is 4.69. The minimum atomic E-state index is -0.521. The third-order valence-corrected chi connectivity index (χ3v) is 6.70. The van der Waals surface area contributed by atoms with Crippen LogP contribution in [0, 0.1) is 17.1 Å². The van der Waals surface area contributed by atoms with Gasteiger partial charge in [-0.2, -0.15) is 9.37 Å². The number of methoxy groups -OCH3 is 1. The Morgan fingerprint density at radius 1 is 1.43 bits per heavy atom. The van der Waals surface area contributed by atoms with E-state index in [1.54, 1.807) is 25.1 Å². The van der Waals surface area contributed by atoms with Gasteiger partial charge in [0.15, 0.2) is 5.96 Å². The summed E-state index contributed by atoms with van der Waals surface area (Å²) in [6.07, 6.45) is 1.78. The predicted molar refractivity (Wildman–Crippen MR) is 113 cm³/mol. The van der Waals surface area contributed by atoms with Crippen molar-refractivity contribution in [3.8, 4) is 5.88 Å². The van der Waals surface area contributed by atoms with Crippen molar-refractivity contribution in [2.75, 3.05) is 32.6 Å². The van der Waals surface area contributed by atoms with Crippen molar-refractivity contribution in [3.05, 3.63) is 32.9 Å². The second-order valence-electron chi connectivity index (χ2n) is 7.50. The minimum absolute atomic E-state index is 0.0316. The summed E-state index contributed by atoms with van der Waals surface area (Å²) in [5.74, 6) is -0.920. The van der Waals surface area contributed by atoms with Crippen LogP contribution in [0.5, 0.6) is 5.88 Å². The summed E-state index contributed by atoms with van der Waals surface area (Å²) < 4.78 is 20.3. The van der Waals surface area contributed by atoms with Crippen molar-refractivity contribution in [3.63, 3.8) is 0 Å². The highest BCUT2D eigenvalue weighted by Crippen LogP contribution is 2.42. The molecule has 0 spiro atoms. The van der Waals surface area contributed by atoms with Crippen molar-refractivity contribution in [2.24, 2.45) is 5.92 Å². The summed E-state index contributed by atoms with van der Waals surface area (Å²) in [6, 6.07) is 3.21. The molecular weight excluding hydrogens is 431 g/mol. The van der Waals surface area contributed by atoms with E-state index in [4.69, 9.17) is 21.7 Å². The van der Waals surface area contributed by atoms with Crippen molar-refractivity contribution >= 4 is 40.8 Å². The average molecular weight is 453 g/mol. The number of hydrogen-bond acceptors (Lipinski definition) is 7. The molecule has 1 amide bonds. The fourth-order valence-electron chi connectivity index (χ4n) is 3.54. The maximum absolute atomic E-state index is 14.5. The zero-order valence-electron chi connectivity index (χ0n) is 16.8. The number of halogens is 2. The fourth-order valence-corrected chi connectivity index (χ4v) is 4.71. The Kier molecular flexibility index (Phi) is 5.54. The van der Waals surface area contributed by atoms with Crippen LogP contribution in [0.1, 0.15) is 35.4 Å². The first-order chi connectivity index (χ1) is 14.3. The van der Waals surface area contributed by atoms with E-state index in [9.17, 15) is 9.18 Å². The number of amides is 1. The topological polar surface area (TPSA) is 94.4 Å². The molecule has 2 aliphatic rings. The van der Waals surface area contributed by atoms with Crippen molar-refractivity contribution in [1.29, 1.82) is 5.41 Å². The summed E-state index contributed by atoms with van der Waals surface area (Å²) in [5, 5.41) is 11.2. The first-order valence-corrected chi connectivity index (χ1v) is 10.7. The quantitative estimate of drug-likeness (QED) is 0.699. The van der Waals surface area contributed by atoms with E-state index >= 15 is 0 Å². The van der Waals surface area contributed by atoms with E-state index < -0.39 is 17.8 Å². The Balaban J connectivity index is 1.64. The number of thiophene rings is 1. The van der Waals surface area contributed by atoms with Crippen LogP contribution in [0.2, 0.25) is 4.34 Å². The molecule has 8 nitrogen and oxygen atoms in total. The van der Waals surface area contributed by atoms with E-state index in [1.807, 2.05) is 6.07 Å². The third kappa shape index (κ3) is 3.81. The first kappa shape index (κ1) is 20.8. The normalized spacial score (nSPS) is 21.6. The van der Waals surface area contributed by atoms with Gasteiger partial charge in [-0.3, -0.25) is 15.1 Å². The van der Waals surface area contributed by atoms with Gasteiger partial charge < -0.3 is 15.0 Å². The molecule has 4 rings (SSSR count). The Bertz CT molecular complexity index is 997. The number of carbonyl (C=O) groups excluding carboxylic acids is 1. The molecule has 2 N–H and O–H groups in total. The number of rotatable bonds is 6. The Labute approximate surface area is 182 Å². The van der Waals surface area contributed by atoms with Gasteiger partial charge in [0.1, 0.15) is 0 Å². The molecule has 2 aromatic heterocycles. The molecule has 2 atom stereocenters. The summed E-state index contributed by atoms with van der Waals surface area (Å²) in [6.45, 7) is 0.266. The Hall–Kier alpha value is -2.46. The molecular formula is C19H22ClFN6O2S. The summed E-state index contributed by atoms with van der Waals surface area (Å²) in [4.78, 5) is 25.5. The maximum atomic E-state index is 14.5. The molecule has 3 heterocycles. The van der Waals surface area contributed by atoms with Crippen LogP contribution in [-0.2, 0) is 4.79 Å². The van der Waals surface area contributed by atoms with Crippen LogP contribution in [0.25, 0.3) is 0 Å². The smallest absolute Gasteiger partial charge is 0.255 e. The van der Waals surface area contributed by atoms with Crippen molar-refractivity contribution in [2.45, 2.75) is 24.8 Å². The molecule has 0 aromatic carbocycles. The number of nitrogens with one attached hydrogen (secondary N) is 2. The first-order valence-electron chi connectivity index (χ1n) is 9.50. The zero-order chi connectivity index (χ0) is 21.6. The second kappa shape index (κ2) is 7.99. The van der Waals surface area contributed by atoms with Gasteiger partial charge in [0.2, 0.25) is 17.7 Å². The molecule has 11 heteroatoms. The van der Waals surface area contributed by atoms with Crippen LogP contribution >= 0.6 is 22.9 Å². The number of hydrogen-bond donors (Lipinski definition) is 2. The molecule has 2 aromatic rings. The lowest BCUT2D eigenvalue weighted by atomic mass is 9.94. The fraction of sp³-hybridized carbons (Fsp3) is 0.474. The summed E-state index contributed by atoms with van der Waals surface area (Å²) >= 11 is 7.46. The van der Waals surface area contributed by atoms with Gasteiger partial charge in [0.25, 0.3) is 5.88 Å². The summed E-state index contributed by atoms with van der Waals surface area (Å²) in [5.41, 5.74) is 0.359. The lowest BCUT2D eigenvalue weighted by Gasteiger charge is -2.38. The molecule has 0 bridgehead atoms. The van der Waals surface area contributed by atoms with Gasteiger partial charge >= 0.3 is 0 Å². The van der Waals surface area contributed by atoms with Gasteiger partial charge in [-0.05, 0) is 25.0 Å². The van der Waals surface area contributed by atoms with E-state index in [1.165, 1.54) is 23.3 Å².